The van der Waals surface area contributed by atoms with Gasteiger partial charge in [0.2, 0.25) is 10.0 Å². The lowest BCUT2D eigenvalue weighted by Crippen LogP contribution is -2.16. The van der Waals surface area contributed by atoms with Gasteiger partial charge in [0.25, 0.3) is 0 Å². The molecule has 105 valence electrons. The summed E-state index contributed by atoms with van der Waals surface area (Å²) in [4.78, 5) is -0.163. The number of sulfonamides is 1. The van der Waals surface area contributed by atoms with Gasteiger partial charge in [-0.25, -0.2) is 22.0 Å². The number of sulfone groups is 1. The molecule has 0 spiro atoms. The van der Waals surface area contributed by atoms with Gasteiger partial charge in [0.15, 0.2) is 9.84 Å². The maximum Gasteiger partial charge on any atom is 0.238 e. The Morgan fingerprint density at radius 3 is 2.20 bits per heavy atom. The number of hydrogen-bond donors (Lipinski definition) is 1. The molecule has 0 heterocycles. The van der Waals surface area contributed by atoms with Gasteiger partial charge in [-0.2, -0.15) is 0 Å². The first-order valence-electron chi connectivity index (χ1n) is 5.61. The van der Waals surface area contributed by atoms with Crippen molar-refractivity contribution in [1.82, 2.24) is 0 Å². The van der Waals surface area contributed by atoms with Crippen LogP contribution in [0.15, 0.2) is 58.3 Å². The molecule has 5 nitrogen and oxygen atoms in total. The predicted molar refractivity (Wildman–Crippen MR) is 74.0 cm³/mol. The lowest BCUT2D eigenvalue weighted by atomic mass is 10.2. The fourth-order valence-electron chi connectivity index (χ4n) is 1.75. The quantitative estimate of drug-likeness (QED) is 0.915. The van der Waals surface area contributed by atoms with Crippen LogP contribution in [-0.4, -0.2) is 16.8 Å². The standard InChI is InChI=1S/C13H12NO4S2/c14-20(17,18)13-9-5-4-6-11(13)10-19(15,16)12-7-2-1-3-8-12/h1-7,9H,10H2,(H2,14,17,18). The first-order chi connectivity index (χ1) is 9.31. The van der Waals surface area contributed by atoms with Crippen LogP contribution < -0.4 is 5.14 Å². The van der Waals surface area contributed by atoms with Gasteiger partial charge >= 0.3 is 0 Å². The Hall–Kier alpha value is -1.70. The molecule has 20 heavy (non-hydrogen) atoms. The summed E-state index contributed by atoms with van der Waals surface area (Å²) in [6.07, 6.45) is 0. The highest BCUT2D eigenvalue weighted by molar-refractivity contribution is 7.91. The summed E-state index contributed by atoms with van der Waals surface area (Å²) in [5.41, 5.74) is 0.146. The van der Waals surface area contributed by atoms with Gasteiger partial charge in [0.05, 0.1) is 15.5 Å². The van der Waals surface area contributed by atoms with Crippen molar-refractivity contribution in [3.63, 3.8) is 0 Å². The number of hydrogen-bond acceptors (Lipinski definition) is 4. The van der Waals surface area contributed by atoms with Crippen molar-refractivity contribution >= 4 is 19.9 Å². The topological polar surface area (TPSA) is 94.3 Å². The summed E-state index contributed by atoms with van der Waals surface area (Å²) in [6.45, 7) is 0. The summed E-state index contributed by atoms with van der Waals surface area (Å²) >= 11 is 0. The minimum atomic E-state index is -3.96. The van der Waals surface area contributed by atoms with E-state index in [9.17, 15) is 16.8 Å². The molecule has 0 aliphatic carbocycles. The van der Waals surface area contributed by atoms with Gasteiger partial charge in [-0.05, 0) is 17.7 Å². The summed E-state index contributed by atoms with van der Waals surface area (Å²) in [5.74, 6) is -0.444. The third-order valence-electron chi connectivity index (χ3n) is 2.64. The molecule has 1 radical (unpaired) electrons. The molecule has 0 aliphatic heterocycles. The normalized spacial score (nSPS) is 12.2. The third-order valence-corrected chi connectivity index (χ3v) is 5.27. The van der Waals surface area contributed by atoms with Crippen molar-refractivity contribution in [2.45, 2.75) is 15.5 Å². The maximum atomic E-state index is 12.2. The zero-order valence-electron chi connectivity index (χ0n) is 10.4. The van der Waals surface area contributed by atoms with Crippen LogP contribution in [-0.2, 0) is 25.6 Å². The minimum Gasteiger partial charge on any atom is -0.225 e. The molecule has 0 saturated heterocycles. The highest BCUT2D eigenvalue weighted by atomic mass is 32.2. The highest BCUT2D eigenvalue weighted by Crippen LogP contribution is 2.20. The van der Waals surface area contributed by atoms with Crippen molar-refractivity contribution in [2.75, 3.05) is 0 Å². The fourth-order valence-corrected chi connectivity index (χ4v) is 3.97. The summed E-state index contributed by atoms with van der Waals surface area (Å²) < 4.78 is 47.3. The second-order valence-corrected chi connectivity index (χ2v) is 7.63. The number of benzene rings is 2. The van der Waals surface area contributed by atoms with Crippen molar-refractivity contribution in [1.29, 1.82) is 0 Å². The van der Waals surface area contributed by atoms with Crippen molar-refractivity contribution in [3.8, 4) is 0 Å². The molecule has 0 aromatic heterocycles. The van der Waals surface area contributed by atoms with Crippen LogP contribution >= 0.6 is 0 Å². The Morgan fingerprint density at radius 1 is 0.950 bits per heavy atom. The van der Waals surface area contributed by atoms with Gasteiger partial charge in [0, 0.05) is 6.07 Å². The molecule has 2 aromatic carbocycles. The smallest absolute Gasteiger partial charge is 0.225 e. The maximum absolute atomic E-state index is 12.2. The van der Waals surface area contributed by atoms with Crippen molar-refractivity contribution < 1.29 is 16.8 Å². The highest BCUT2D eigenvalue weighted by Gasteiger charge is 2.20. The average molecular weight is 310 g/mol. The van der Waals surface area contributed by atoms with E-state index in [-0.39, 0.29) is 15.4 Å². The molecule has 0 bridgehead atoms. The van der Waals surface area contributed by atoms with E-state index in [1.807, 2.05) is 0 Å². The number of primary sulfonamides is 1. The molecule has 2 N–H and O–H groups in total. The Labute approximate surface area is 118 Å². The van der Waals surface area contributed by atoms with E-state index < -0.39 is 25.6 Å². The summed E-state index contributed by atoms with van der Waals surface area (Å²) in [7, 11) is -7.63. The van der Waals surface area contributed by atoms with Gasteiger partial charge in [0.1, 0.15) is 0 Å². The SMILES string of the molecule is NS(=O)(=O)c1ccccc1CS(=O)(=O)c1[c]cccc1. The predicted octanol–water partition coefficient (Wildman–Crippen LogP) is 1.11. The summed E-state index contributed by atoms with van der Waals surface area (Å²) in [5, 5.41) is 5.08. The summed E-state index contributed by atoms with van der Waals surface area (Å²) in [6, 6.07) is 14.5. The third kappa shape index (κ3) is 3.24. The van der Waals surface area contributed by atoms with Crippen LogP contribution in [0.2, 0.25) is 0 Å². The van der Waals surface area contributed by atoms with Gasteiger partial charge in [-0.1, -0.05) is 36.4 Å². The second-order valence-electron chi connectivity index (χ2n) is 4.14. The Balaban J connectivity index is 2.46. The Morgan fingerprint density at radius 2 is 1.60 bits per heavy atom. The van der Waals surface area contributed by atoms with Crippen molar-refractivity contribution in [3.05, 3.63) is 60.2 Å². The van der Waals surface area contributed by atoms with Crippen LogP contribution in [0.25, 0.3) is 0 Å². The molecule has 0 atom stereocenters. The first kappa shape index (κ1) is 14.7. The molecule has 0 fully saturated rings. The monoisotopic (exact) mass is 310 g/mol. The minimum absolute atomic E-state index is 0.0178. The van der Waals surface area contributed by atoms with Crippen LogP contribution in [0.1, 0.15) is 5.56 Å². The molecule has 0 aliphatic rings. The fraction of sp³-hybridized carbons (Fsp3) is 0.0769. The Kier molecular flexibility index (Phi) is 3.94. The van der Waals surface area contributed by atoms with Crippen LogP contribution in [0.4, 0.5) is 0 Å². The average Bonchev–Trinajstić information content (AvgIpc) is 2.39. The molecule has 0 amide bonds. The molecule has 7 heteroatoms. The van der Waals surface area contributed by atoms with E-state index in [1.54, 1.807) is 18.2 Å². The zero-order valence-corrected chi connectivity index (χ0v) is 12.0. The van der Waals surface area contributed by atoms with E-state index in [0.29, 0.717) is 0 Å². The molecule has 0 saturated carbocycles. The van der Waals surface area contributed by atoms with Crippen molar-refractivity contribution in [2.24, 2.45) is 5.14 Å². The van der Waals surface area contributed by atoms with E-state index in [0.717, 1.165) is 0 Å². The van der Waals surface area contributed by atoms with E-state index >= 15 is 0 Å². The lowest BCUT2D eigenvalue weighted by Gasteiger charge is -2.08. The zero-order chi connectivity index (χ0) is 14.8. The second kappa shape index (κ2) is 5.35. The van der Waals surface area contributed by atoms with E-state index in [4.69, 9.17) is 5.14 Å². The van der Waals surface area contributed by atoms with Gasteiger partial charge < -0.3 is 0 Å². The van der Waals surface area contributed by atoms with Crippen LogP contribution in [0.3, 0.4) is 0 Å². The molecule has 2 aromatic rings. The molecular weight excluding hydrogens is 298 g/mol. The van der Waals surface area contributed by atoms with E-state index in [1.165, 1.54) is 30.3 Å². The molecule has 0 unspecified atom stereocenters. The molecule has 2 rings (SSSR count). The van der Waals surface area contributed by atoms with Gasteiger partial charge in [-0.15, -0.1) is 0 Å². The first-order valence-corrected chi connectivity index (χ1v) is 8.81. The van der Waals surface area contributed by atoms with Crippen LogP contribution in [0, 0.1) is 6.07 Å². The number of nitrogens with two attached hydrogens (primary N) is 1. The van der Waals surface area contributed by atoms with Gasteiger partial charge in [-0.3, -0.25) is 0 Å². The van der Waals surface area contributed by atoms with E-state index in [2.05, 4.69) is 6.07 Å². The lowest BCUT2D eigenvalue weighted by molar-refractivity contribution is 0.593. The Bertz CT molecular complexity index is 812. The van der Waals surface area contributed by atoms with Crippen LogP contribution in [0.5, 0.6) is 0 Å². The largest absolute Gasteiger partial charge is 0.238 e. The number of rotatable bonds is 4. The molecular formula is C13H12NO4S2.